The zero-order valence-corrected chi connectivity index (χ0v) is 11.2. The van der Waals surface area contributed by atoms with Crippen molar-refractivity contribution in [1.82, 2.24) is 10.2 Å². The van der Waals surface area contributed by atoms with Gasteiger partial charge in [-0.25, -0.2) is 0 Å². The molecule has 1 amide bonds. The quantitative estimate of drug-likeness (QED) is 0.765. The van der Waals surface area contributed by atoms with Gasteiger partial charge in [0.15, 0.2) is 0 Å². The average Bonchev–Trinajstić information content (AvgIpc) is 2.99. The van der Waals surface area contributed by atoms with Crippen molar-refractivity contribution in [3.05, 3.63) is 0 Å². The fourth-order valence-corrected chi connectivity index (χ4v) is 2.50. The molecule has 1 heterocycles. The highest BCUT2D eigenvalue weighted by Crippen LogP contribution is 2.42. The second kappa shape index (κ2) is 4.94. The van der Waals surface area contributed by atoms with Gasteiger partial charge in [-0.05, 0) is 33.1 Å². The molecule has 1 saturated carbocycles. The number of amides is 1. The predicted molar refractivity (Wildman–Crippen MR) is 66.6 cm³/mol. The minimum absolute atomic E-state index is 0.183. The van der Waals surface area contributed by atoms with Gasteiger partial charge in [0.1, 0.15) is 0 Å². The molecule has 0 aromatic heterocycles. The fourth-order valence-electron chi connectivity index (χ4n) is 2.50. The molecule has 1 aliphatic heterocycles. The molecule has 1 spiro atoms. The first-order valence-electron chi connectivity index (χ1n) is 6.79. The van der Waals surface area contributed by atoms with Crippen LogP contribution in [0, 0.1) is 0 Å². The van der Waals surface area contributed by atoms with Crippen LogP contribution in [0.25, 0.3) is 0 Å². The van der Waals surface area contributed by atoms with Crippen molar-refractivity contribution in [2.75, 3.05) is 13.2 Å². The van der Waals surface area contributed by atoms with Crippen molar-refractivity contribution in [3.63, 3.8) is 0 Å². The van der Waals surface area contributed by atoms with E-state index in [1.807, 2.05) is 18.7 Å². The average molecular weight is 240 g/mol. The highest BCUT2D eigenvalue weighted by molar-refractivity contribution is 5.91. The van der Waals surface area contributed by atoms with Crippen molar-refractivity contribution < 1.29 is 9.53 Å². The van der Waals surface area contributed by atoms with Gasteiger partial charge in [-0.15, -0.1) is 0 Å². The molecule has 2 fully saturated rings. The molecule has 1 N–H and O–H groups in total. The molecule has 1 atom stereocenters. The smallest absolute Gasteiger partial charge is 0.244 e. The summed E-state index contributed by atoms with van der Waals surface area (Å²) < 4.78 is 5.55. The van der Waals surface area contributed by atoms with Gasteiger partial charge in [0, 0.05) is 6.54 Å². The van der Waals surface area contributed by atoms with Gasteiger partial charge < -0.3 is 9.64 Å². The maximum atomic E-state index is 12.3. The van der Waals surface area contributed by atoms with Gasteiger partial charge in [0.05, 0.1) is 24.4 Å². The van der Waals surface area contributed by atoms with Crippen LogP contribution in [0.15, 0.2) is 0 Å². The standard InChI is InChI=1S/C13H24N2O2/c1-4-5-11-14-13(6-7-13)12(16)15(11)8-9-17-10(2)3/h10-11,14H,4-9H2,1-3H3. The Hall–Kier alpha value is -0.610. The van der Waals surface area contributed by atoms with Crippen molar-refractivity contribution in [2.24, 2.45) is 0 Å². The zero-order valence-electron chi connectivity index (χ0n) is 11.2. The molecule has 4 nitrogen and oxygen atoms in total. The lowest BCUT2D eigenvalue weighted by Crippen LogP contribution is -2.39. The van der Waals surface area contributed by atoms with E-state index in [0.717, 1.165) is 32.2 Å². The van der Waals surface area contributed by atoms with Crippen LogP contribution in [0.5, 0.6) is 0 Å². The van der Waals surface area contributed by atoms with Crippen molar-refractivity contribution in [2.45, 2.75) is 64.3 Å². The molecule has 1 saturated heterocycles. The van der Waals surface area contributed by atoms with Crippen LogP contribution in [0.3, 0.4) is 0 Å². The Morgan fingerprint density at radius 3 is 2.76 bits per heavy atom. The van der Waals surface area contributed by atoms with E-state index in [-0.39, 0.29) is 17.8 Å². The predicted octanol–water partition coefficient (Wildman–Crippen LogP) is 1.50. The molecule has 2 aliphatic rings. The first kappa shape index (κ1) is 12.8. The maximum Gasteiger partial charge on any atom is 0.244 e. The van der Waals surface area contributed by atoms with Gasteiger partial charge in [-0.2, -0.15) is 0 Å². The molecule has 0 radical (unpaired) electrons. The van der Waals surface area contributed by atoms with Crippen molar-refractivity contribution >= 4 is 5.91 Å². The van der Waals surface area contributed by atoms with E-state index in [0.29, 0.717) is 12.5 Å². The normalized spacial score (nSPS) is 26.2. The Labute approximate surface area is 104 Å². The SMILES string of the molecule is CCCC1NC2(CC2)C(=O)N1CCOC(C)C. The first-order valence-corrected chi connectivity index (χ1v) is 6.79. The lowest BCUT2D eigenvalue weighted by Gasteiger charge is -2.24. The summed E-state index contributed by atoms with van der Waals surface area (Å²) in [5.74, 6) is 0.295. The summed E-state index contributed by atoms with van der Waals surface area (Å²) in [5, 5.41) is 3.50. The summed E-state index contributed by atoms with van der Waals surface area (Å²) in [5.41, 5.74) is -0.183. The Balaban J connectivity index is 1.90. The van der Waals surface area contributed by atoms with Crippen molar-refractivity contribution in [1.29, 1.82) is 0 Å². The summed E-state index contributed by atoms with van der Waals surface area (Å²) in [6, 6.07) is 0. The number of nitrogens with zero attached hydrogens (tertiary/aromatic N) is 1. The number of ether oxygens (including phenoxy) is 1. The van der Waals surface area contributed by atoms with Crippen molar-refractivity contribution in [3.8, 4) is 0 Å². The Morgan fingerprint density at radius 2 is 2.24 bits per heavy atom. The van der Waals surface area contributed by atoms with Crippen LogP contribution in [-0.2, 0) is 9.53 Å². The van der Waals surface area contributed by atoms with E-state index in [2.05, 4.69) is 12.2 Å². The van der Waals surface area contributed by atoms with Gasteiger partial charge in [-0.3, -0.25) is 10.1 Å². The number of nitrogens with one attached hydrogen (secondary N) is 1. The number of hydrogen-bond donors (Lipinski definition) is 1. The van der Waals surface area contributed by atoms with E-state index in [1.54, 1.807) is 0 Å². The minimum Gasteiger partial charge on any atom is -0.377 e. The Bertz CT molecular complexity index is 287. The van der Waals surface area contributed by atoms with Crippen LogP contribution in [0.1, 0.15) is 46.5 Å². The number of rotatable bonds is 6. The van der Waals surface area contributed by atoms with Crippen LogP contribution < -0.4 is 5.32 Å². The summed E-state index contributed by atoms with van der Waals surface area (Å²) in [6.45, 7) is 7.57. The Kier molecular flexibility index (Phi) is 3.73. The molecule has 0 bridgehead atoms. The van der Waals surface area contributed by atoms with Gasteiger partial charge >= 0.3 is 0 Å². The zero-order chi connectivity index (χ0) is 12.5. The summed E-state index contributed by atoms with van der Waals surface area (Å²) in [4.78, 5) is 14.2. The maximum absolute atomic E-state index is 12.3. The number of carbonyl (C=O) groups excluding carboxylic acids is 1. The minimum atomic E-state index is -0.183. The molecule has 1 aliphatic carbocycles. The molecule has 0 aromatic rings. The van der Waals surface area contributed by atoms with Crippen LogP contribution in [-0.4, -0.2) is 41.8 Å². The number of carbonyl (C=O) groups is 1. The van der Waals surface area contributed by atoms with E-state index >= 15 is 0 Å². The molecule has 1 unspecified atom stereocenters. The van der Waals surface area contributed by atoms with Crippen LogP contribution >= 0.6 is 0 Å². The third-order valence-corrected chi connectivity index (χ3v) is 3.58. The van der Waals surface area contributed by atoms with Gasteiger partial charge in [-0.1, -0.05) is 13.3 Å². The number of hydrogen-bond acceptors (Lipinski definition) is 3. The van der Waals surface area contributed by atoms with Gasteiger partial charge in [0.25, 0.3) is 0 Å². The second-order valence-corrected chi connectivity index (χ2v) is 5.45. The molecule has 4 heteroatoms. The van der Waals surface area contributed by atoms with E-state index in [9.17, 15) is 4.79 Å². The molecule has 17 heavy (non-hydrogen) atoms. The summed E-state index contributed by atoms with van der Waals surface area (Å²) in [6.07, 6.45) is 4.62. The van der Waals surface area contributed by atoms with E-state index in [1.165, 1.54) is 0 Å². The van der Waals surface area contributed by atoms with Gasteiger partial charge in [0.2, 0.25) is 5.91 Å². The highest BCUT2D eigenvalue weighted by Gasteiger charge is 2.58. The summed E-state index contributed by atoms with van der Waals surface area (Å²) in [7, 11) is 0. The van der Waals surface area contributed by atoms with E-state index in [4.69, 9.17) is 4.74 Å². The third-order valence-electron chi connectivity index (χ3n) is 3.58. The molecular formula is C13H24N2O2. The molecule has 98 valence electrons. The third kappa shape index (κ3) is 2.63. The first-order chi connectivity index (χ1) is 8.09. The lowest BCUT2D eigenvalue weighted by atomic mass is 10.2. The molecule has 2 rings (SSSR count). The van der Waals surface area contributed by atoms with E-state index < -0.39 is 0 Å². The topological polar surface area (TPSA) is 41.6 Å². The monoisotopic (exact) mass is 240 g/mol. The molecule has 0 aromatic carbocycles. The lowest BCUT2D eigenvalue weighted by molar-refractivity contribution is -0.131. The fraction of sp³-hybridized carbons (Fsp3) is 0.923. The Morgan fingerprint density at radius 1 is 1.53 bits per heavy atom. The highest BCUT2D eigenvalue weighted by atomic mass is 16.5. The summed E-state index contributed by atoms with van der Waals surface area (Å²) >= 11 is 0. The molecular weight excluding hydrogens is 216 g/mol. The van der Waals surface area contributed by atoms with Crippen LogP contribution in [0.4, 0.5) is 0 Å². The largest absolute Gasteiger partial charge is 0.377 e. The second-order valence-electron chi connectivity index (χ2n) is 5.45. The van der Waals surface area contributed by atoms with Crippen LogP contribution in [0.2, 0.25) is 0 Å².